The highest BCUT2D eigenvalue weighted by molar-refractivity contribution is 6.00. The van der Waals surface area contributed by atoms with E-state index in [1.54, 1.807) is 11.8 Å². The van der Waals surface area contributed by atoms with E-state index in [9.17, 15) is 4.79 Å². The van der Waals surface area contributed by atoms with Crippen molar-refractivity contribution in [1.29, 1.82) is 0 Å². The molecule has 6 nitrogen and oxygen atoms in total. The van der Waals surface area contributed by atoms with Crippen LogP contribution in [-0.4, -0.2) is 65.8 Å². The van der Waals surface area contributed by atoms with Gasteiger partial charge in [0.1, 0.15) is 11.4 Å². The van der Waals surface area contributed by atoms with Crippen molar-refractivity contribution in [2.24, 2.45) is 0 Å². The lowest BCUT2D eigenvalue weighted by molar-refractivity contribution is 0.0636. The van der Waals surface area contributed by atoms with E-state index in [4.69, 9.17) is 9.84 Å². The molecule has 0 aliphatic carbocycles. The number of aryl methyl sites for hydroxylation is 1. The second kappa shape index (κ2) is 8.94. The topological polar surface area (TPSA) is 50.6 Å². The standard InChI is InChI=1S/C25H30N4O2/c1-18-10-12-20(13-11-18)29-17-23(24(26-29)19-7-5-9-22(15-19)31-4)25(30)28-14-6-8-21(16-28)27(2)3/h5,7,9-13,15,17,21H,6,8,14,16H2,1-4H3. The summed E-state index contributed by atoms with van der Waals surface area (Å²) in [5.74, 6) is 0.772. The number of ether oxygens (including phenoxy) is 1. The lowest BCUT2D eigenvalue weighted by atomic mass is 10.0. The SMILES string of the molecule is COc1cccc(-c2nn(-c3ccc(C)cc3)cc2C(=O)N2CCCC(N(C)C)C2)c1. The summed E-state index contributed by atoms with van der Waals surface area (Å²) in [6, 6.07) is 16.3. The smallest absolute Gasteiger partial charge is 0.257 e. The van der Waals surface area contributed by atoms with Crippen molar-refractivity contribution >= 4 is 5.91 Å². The highest BCUT2D eigenvalue weighted by Crippen LogP contribution is 2.29. The van der Waals surface area contributed by atoms with Gasteiger partial charge in [-0.05, 0) is 58.1 Å². The number of likely N-dealkylation sites (tertiary alicyclic amines) is 1. The number of hydrogen-bond donors (Lipinski definition) is 0. The Morgan fingerprint density at radius 2 is 1.94 bits per heavy atom. The summed E-state index contributed by atoms with van der Waals surface area (Å²) in [4.78, 5) is 17.8. The molecule has 1 aliphatic heterocycles. The van der Waals surface area contributed by atoms with Gasteiger partial charge in [0.15, 0.2) is 0 Å². The van der Waals surface area contributed by atoms with Crippen LogP contribution in [0.5, 0.6) is 5.75 Å². The monoisotopic (exact) mass is 418 g/mol. The first kappa shape index (κ1) is 21.1. The number of aromatic nitrogens is 2. The van der Waals surface area contributed by atoms with E-state index in [-0.39, 0.29) is 5.91 Å². The van der Waals surface area contributed by atoms with E-state index in [2.05, 4.69) is 38.1 Å². The van der Waals surface area contributed by atoms with Gasteiger partial charge < -0.3 is 14.5 Å². The molecule has 6 heteroatoms. The van der Waals surface area contributed by atoms with Crippen molar-refractivity contribution < 1.29 is 9.53 Å². The number of piperidine rings is 1. The van der Waals surface area contributed by atoms with Crippen LogP contribution < -0.4 is 4.74 Å². The summed E-state index contributed by atoms with van der Waals surface area (Å²) < 4.78 is 7.20. The minimum Gasteiger partial charge on any atom is -0.497 e. The summed E-state index contributed by atoms with van der Waals surface area (Å²) in [6.45, 7) is 3.57. The average molecular weight is 419 g/mol. The van der Waals surface area contributed by atoms with Gasteiger partial charge in [0, 0.05) is 30.9 Å². The maximum Gasteiger partial charge on any atom is 0.257 e. The third-order valence-electron chi connectivity index (χ3n) is 6.00. The number of benzene rings is 2. The Bertz CT molecular complexity index is 1060. The lowest BCUT2D eigenvalue weighted by Crippen LogP contribution is -2.47. The molecule has 4 rings (SSSR count). The van der Waals surface area contributed by atoms with E-state index in [1.165, 1.54) is 5.56 Å². The number of carbonyl (C=O) groups is 1. The maximum absolute atomic E-state index is 13.6. The van der Waals surface area contributed by atoms with Gasteiger partial charge >= 0.3 is 0 Å². The Hall–Kier alpha value is -3.12. The second-order valence-corrected chi connectivity index (χ2v) is 8.41. The third-order valence-corrected chi connectivity index (χ3v) is 6.00. The molecule has 1 amide bonds. The van der Waals surface area contributed by atoms with Crippen molar-refractivity contribution in [2.45, 2.75) is 25.8 Å². The molecule has 1 atom stereocenters. The Balaban J connectivity index is 1.75. The van der Waals surface area contributed by atoms with Gasteiger partial charge in [-0.25, -0.2) is 4.68 Å². The quantitative estimate of drug-likeness (QED) is 0.628. The fraction of sp³-hybridized carbons (Fsp3) is 0.360. The average Bonchev–Trinajstić information content (AvgIpc) is 3.24. The summed E-state index contributed by atoms with van der Waals surface area (Å²) in [5, 5.41) is 4.83. The first-order valence-corrected chi connectivity index (χ1v) is 10.7. The molecular formula is C25H30N4O2. The highest BCUT2D eigenvalue weighted by Gasteiger charge is 2.29. The van der Waals surface area contributed by atoms with Gasteiger partial charge in [0.25, 0.3) is 5.91 Å². The summed E-state index contributed by atoms with van der Waals surface area (Å²) in [7, 11) is 5.80. The molecular weight excluding hydrogens is 388 g/mol. The highest BCUT2D eigenvalue weighted by atomic mass is 16.5. The van der Waals surface area contributed by atoms with Crippen LogP contribution in [0.25, 0.3) is 16.9 Å². The lowest BCUT2D eigenvalue weighted by Gasteiger charge is -2.36. The van der Waals surface area contributed by atoms with E-state index in [1.807, 2.05) is 47.5 Å². The van der Waals surface area contributed by atoms with E-state index in [0.717, 1.165) is 42.9 Å². The minimum atomic E-state index is 0.0303. The molecule has 0 bridgehead atoms. The minimum absolute atomic E-state index is 0.0303. The zero-order valence-electron chi connectivity index (χ0n) is 18.7. The molecule has 162 valence electrons. The fourth-order valence-electron chi connectivity index (χ4n) is 4.07. The van der Waals surface area contributed by atoms with Crippen molar-refractivity contribution in [3.05, 3.63) is 65.9 Å². The van der Waals surface area contributed by atoms with Gasteiger partial charge in [-0.2, -0.15) is 5.10 Å². The second-order valence-electron chi connectivity index (χ2n) is 8.41. The first-order valence-electron chi connectivity index (χ1n) is 10.7. The number of nitrogens with zero attached hydrogens (tertiary/aromatic N) is 4. The Labute approximate surface area is 184 Å². The number of carbonyl (C=O) groups excluding carboxylic acids is 1. The number of likely N-dealkylation sites (N-methyl/N-ethyl adjacent to an activating group) is 1. The Kier molecular flexibility index (Phi) is 6.09. The van der Waals surface area contributed by atoms with Crippen molar-refractivity contribution in [2.75, 3.05) is 34.3 Å². The molecule has 0 radical (unpaired) electrons. The van der Waals surface area contributed by atoms with Crippen molar-refractivity contribution in [3.63, 3.8) is 0 Å². The van der Waals surface area contributed by atoms with Crippen LogP contribution in [0.2, 0.25) is 0 Å². The molecule has 1 saturated heterocycles. The zero-order valence-corrected chi connectivity index (χ0v) is 18.7. The molecule has 1 unspecified atom stereocenters. The predicted molar refractivity (Wildman–Crippen MR) is 123 cm³/mol. The zero-order chi connectivity index (χ0) is 22.0. The van der Waals surface area contributed by atoms with Gasteiger partial charge in [0.05, 0.1) is 18.4 Å². The first-order chi connectivity index (χ1) is 15.0. The largest absolute Gasteiger partial charge is 0.497 e. The van der Waals surface area contributed by atoms with Gasteiger partial charge in [-0.15, -0.1) is 0 Å². The van der Waals surface area contributed by atoms with Crippen molar-refractivity contribution in [3.8, 4) is 22.7 Å². The van der Waals surface area contributed by atoms with Crippen LogP contribution in [0.15, 0.2) is 54.7 Å². The van der Waals surface area contributed by atoms with Crippen LogP contribution in [0.4, 0.5) is 0 Å². The Morgan fingerprint density at radius 1 is 1.16 bits per heavy atom. The number of methoxy groups -OCH3 is 1. The van der Waals surface area contributed by atoms with Gasteiger partial charge in [-0.1, -0.05) is 29.8 Å². The Morgan fingerprint density at radius 3 is 2.65 bits per heavy atom. The molecule has 31 heavy (non-hydrogen) atoms. The summed E-state index contributed by atoms with van der Waals surface area (Å²) in [6.07, 6.45) is 3.98. The molecule has 2 heterocycles. The number of amides is 1. The molecule has 0 N–H and O–H groups in total. The fourth-order valence-corrected chi connectivity index (χ4v) is 4.07. The number of rotatable bonds is 5. The third kappa shape index (κ3) is 4.49. The molecule has 2 aromatic carbocycles. The predicted octanol–water partition coefficient (Wildman–Crippen LogP) is 4.02. The molecule has 0 saturated carbocycles. The van der Waals surface area contributed by atoms with Crippen LogP contribution in [0.1, 0.15) is 28.8 Å². The van der Waals surface area contributed by atoms with Crippen molar-refractivity contribution in [1.82, 2.24) is 19.6 Å². The van der Waals surface area contributed by atoms with Crippen LogP contribution >= 0.6 is 0 Å². The summed E-state index contributed by atoms with van der Waals surface area (Å²) >= 11 is 0. The van der Waals surface area contributed by atoms with Crippen LogP contribution in [0, 0.1) is 6.92 Å². The normalized spacial score (nSPS) is 16.5. The molecule has 1 aromatic heterocycles. The molecule has 3 aromatic rings. The van der Waals surface area contributed by atoms with E-state index < -0.39 is 0 Å². The van der Waals surface area contributed by atoms with Crippen LogP contribution in [-0.2, 0) is 0 Å². The van der Waals surface area contributed by atoms with Crippen LogP contribution in [0.3, 0.4) is 0 Å². The van der Waals surface area contributed by atoms with E-state index >= 15 is 0 Å². The molecule has 1 fully saturated rings. The molecule has 0 spiro atoms. The van der Waals surface area contributed by atoms with Gasteiger partial charge in [0.2, 0.25) is 0 Å². The summed E-state index contributed by atoms with van der Waals surface area (Å²) in [5.41, 5.74) is 4.28. The van der Waals surface area contributed by atoms with Gasteiger partial charge in [-0.3, -0.25) is 4.79 Å². The van der Waals surface area contributed by atoms with E-state index in [0.29, 0.717) is 17.3 Å². The maximum atomic E-state index is 13.6. The molecule has 1 aliphatic rings. The number of hydrogen-bond acceptors (Lipinski definition) is 4.